The van der Waals surface area contributed by atoms with Gasteiger partial charge in [0.05, 0.1) is 16.6 Å². The van der Waals surface area contributed by atoms with E-state index in [-0.39, 0.29) is 17.5 Å². The fourth-order valence-electron chi connectivity index (χ4n) is 3.15. The standard InChI is InChI=1S/C19H21N5O2S/c1-24(2)18(16-6-4-14-8-10-21-19(14)23-16)12-22-27(25,26)15-5-3-13-7-9-20-17(13)11-15/h3-11,18,20,22H,12H2,1-2H3,(H,21,23). The van der Waals surface area contributed by atoms with Gasteiger partial charge in [-0.15, -0.1) is 0 Å². The zero-order chi connectivity index (χ0) is 19.0. The summed E-state index contributed by atoms with van der Waals surface area (Å²) >= 11 is 0. The molecule has 7 nitrogen and oxygen atoms in total. The second-order valence-corrected chi connectivity index (χ2v) is 8.48. The molecule has 0 spiro atoms. The van der Waals surface area contributed by atoms with Gasteiger partial charge in [-0.3, -0.25) is 4.90 Å². The average Bonchev–Trinajstić information content (AvgIpc) is 3.29. The third-order valence-corrected chi connectivity index (χ3v) is 6.12. The zero-order valence-corrected chi connectivity index (χ0v) is 15.9. The number of sulfonamides is 1. The van der Waals surface area contributed by atoms with Crippen molar-refractivity contribution >= 4 is 32.0 Å². The highest BCUT2D eigenvalue weighted by atomic mass is 32.2. The number of rotatable bonds is 6. The predicted molar refractivity (Wildman–Crippen MR) is 106 cm³/mol. The number of hydrogen-bond donors (Lipinski definition) is 3. The first-order valence-corrected chi connectivity index (χ1v) is 10.1. The summed E-state index contributed by atoms with van der Waals surface area (Å²) in [4.78, 5) is 13.0. The number of pyridine rings is 1. The lowest BCUT2D eigenvalue weighted by molar-refractivity contribution is 0.294. The molecule has 27 heavy (non-hydrogen) atoms. The van der Waals surface area contributed by atoms with Gasteiger partial charge in [-0.1, -0.05) is 6.07 Å². The van der Waals surface area contributed by atoms with Crippen molar-refractivity contribution in [2.45, 2.75) is 10.9 Å². The van der Waals surface area contributed by atoms with E-state index in [2.05, 4.69) is 19.7 Å². The summed E-state index contributed by atoms with van der Waals surface area (Å²) in [7, 11) is 0.184. The van der Waals surface area contributed by atoms with Crippen LogP contribution in [0.2, 0.25) is 0 Å². The fraction of sp³-hybridized carbons (Fsp3) is 0.211. The van der Waals surface area contributed by atoms with Crippen LogP contribution >= 0.6 is 0 Å². The van der Waals surface area contributed by atoms with Gasteiger partial charge in [-0.25, -0.2) is 18.1 Å². The number of likely N-dealkylation sites (N-methyl/N-ethyl adjacent to an activating group) is 1. The largest absolute Gasteiger partial charge is 0.361 e. The Kier molecular flexibility index (Phi) is 4.47. The summed E-state index contributed by atoms with van der Waals surface area (Å²) in [6.45, 7) is 0.220. The second-order valence-electron chi connectivity index (χ2n) is 6.71. The summed E-state index contributed by atoms with van der Waals surface area (Å²) in [6.07, 6.45) is 3.63. The fourth-order valence-corrected chi connectivity index (χ4v) is 4.21. The number of H-pyrrole nitrogens is 2. The molecule has 0 radical (unpaired) electrons. The van der Waals surface area contributed by atoms with E-state index < -0.39 is 10.0 Å². The molecule has 3 N–H and O–H groups in total. The van der Waals surface area contributed by atoms with E-state index in [9.17, 15) is 8.42 Å². The predicted octanol–water partition coefficient (Wildman–Crippen LogP) is 2.63. The van der Waals surface area contributed by atoms with Gasteiger partial charge in [-0.2, -0.15) is 0 Å². The van der Waals surface area contributed by atoms with Crippen molar-refractivity contribution in [1.82, 2.24) is 24.6 Å². The van der Waals surface area contributed by atoms with Gasteiger partial charge < -0.3 is 9.97 Å². The highest BCUT2D eigenvalue weighted by molar-refractivity contribution is 7.89. The van der Waals surface area contributed by atoms with Crippen LogP contribution in [0.5, 0.6) is 0 Å². The van der Waals surface area contributed by atoms with E-state index in [4.69, 9.17) is 0 Å². The highest BCUT2D eigenvalue weighted by Crippen LogP contribution is 2.21. The molecule has 0 aliphatic carbocycles. The molecule has 0 fully saturated rings. The number of hydrogen-bond acceptors (Lipinski definition) is 4. The van der Waals surface area contributed by atoms with Crippen molar-refractivity contribution in [3.63, 3.8) is 0 Å². The molecule has 0 saturated heterocycles. The summed E-state index contributed by atoms with van der Waals surface area (Å²) in [6, 6.07) is 12.6. The van der Waals surface area contributed by atoms with Gasteiger partial charge in [0.25, 0.3) is 0 Å². The van der Waals surface area contributed by atoms with Crippen LogP contribution in [-0.4, -0.2) is 48.9 Å². The first kappa shape index (κ1) is 17.7. The SMILES string of the molecule is CN(C)C(CNS(=O)(=O)c1ccc2cc[nH]c2c1)c1ccc2cc[nH]c2n1. The van der Waals surface area contributed by atoms with Crippen LogP contribution in [0.15, 0.2) is 59.8 Å². The normalized spacial score (nSPS) is 13.6. The number of benzene rings is 1. The number of nitrogens with one attached hydrogen (secondary N) is 3. The minimum absolute atomic E-state index is 0.193. The monoisotopic (exact) mass is 383 g/mol. The first-order chi connectivity index (χ1) is 12.9. The number of fused-ring (bicyclic) bond motifs is 2. The molecule has 3 heterocycles. The maximum Gasteiger partial charge on any atom is 0.240 e. The lowest BCUT2D eigenvalue weighted by Crippen LogP contribution is -2.35. The Balaban J connectivity index is 1.58. The van der Waals surface area contributed by atoms with E-state index >= 15 is 0 Å². The van der Waals surface area contributed by atoms with Gasteiger partial charge in [0.15, 0.2) is 0 Å². The first-order valence-electron chi connectivity index (χ1n) is 8.61. The van der Waals surface area contributed by atoms with Crippen molar-refractivity contribution in [2.24, 2.45) is 0 Å². The molecule has 0 saturated carbocycles. The number of nitrogens with zero attached hydrogens (tertiary/aromatic N) is 2. The molecule has 1 atom stereocenters. The Bertz CT molecular complexity index is 1190. The number of aromatic nitrogens is 3. The quantitative estimate of drug-likeness (QED) is 0.477. The molecule has 1 unspecified atom stereocenters. The molecule has 1 aromatic carbocycles. The van der Waals surface area contributed by atoms with Gasteiger partial charge in [0.1, 0.15) is 5.65 Å². The highest BCUT2D eigenvalue weighted by Gasteiger charge is 2.21. The topological polar surface area (TPSA) is 93.9 Å². The molecule has 4 rings (SSSR count). The van der Waals surface area contributed by atoms with Crippen molar-refractivity contribution in [2.75, 3.05) is 20.6 Å². The van der Waals surface area contributed by atoms with Gasteiger partial charge in [-0.05, 0) is 55.9 Å². The van der Waals surface area contributed by atoms with Crippen LogP contribution in [0, 0.1) is 0 Å². The summed E-state index contributed by atoms with van der Waals surface area (Å²) < 4.78 is 28.2. The van der Waals surface area contributed by atoms with Crippen molar-refractivity contribution < 1.29 is 8.42 Å². The maximum absolute atomic E-state index is 12.8. The Morgan fingerprint density at radius 1 is 1.04 bits per heavy atom. The van der Waals surface area contributed by atoms with Gasteiger partial charge in [0, 0.05) is 29.8 Å². The molecule has 0 aliphatic rings. The third-order valence-electron chi connectivity index (χ3n) is 4.70. The van der Waals surface area contributed by atoms with Gasteiger partial charge in [0.2, 0.25) is 10.0 Å². The van der Waals surface area contributed by atoms with Crippen molar-refractivity contribution in [3.8, 4) is 0 Å². The Morgan fingerprint density at radius 3 is 2.59 bits per heavy atom. The van der Waals surface area contributed by atoms with Crippen molar-refractivity contribution in [3.05, 3.63) is 60.6 Å². The molecule has 4 aromatic rings. The average molecular weight is 383 g/mol. The Morgan fingerprint density at radius 2 is 1.78 bits per heavy atom. The molecule has 3 aromatic heterocycles. The minimum Gasteiger partial charge on any atom is -0.361 e. The summed E-state index contributed by atoms with van der Waals surface area (Å²) in [5, 5.41) is 2.00. The molecular formula is C19H21N5O2S. The molecule has 140 valence electrons. The van der Waals surface area contributed by atoms with Crippen LogP contribution in [0.3, 0.4) is 0 Å². The lowest BCUT2D eigenvalue weighted by atomic mass is 10.1. The van der Waals surface area contributed by atoms with Crippen LogP contribution in [0.4, 0.5) is 0 Å². The van der Waals surface area contributed by atoms with Crippen LogP contribution < -0.4 is 4.72 Å². The Labute approximate surface area is 157 Å². The third kappa shape index (κ3) is 3.46. The van der Waals surface area contributed by atoms with E-state index in [0.29, 0.717) is 0 Å². The zero-order valence-electron chi connectivity index (χ0n) is 15.1. The smallest absolute Gasteiger partial charge is 0.240 e. The minimum atomic E-state index is -3.63. The molecule has 0 aliphatic heterocycles. The molecular weight excluding hydrogens is 362 g/mol. The van der Waals surface area contributed by atoms with E-state index in [1.165, 1.54) is 0 Å². The maximum atomic E-state index is 12.8. The van der Waals surface area contributed by atoms with E-state index in [1.54, 1.807) is 24.4 Å². The molecule has 8 heteroatoms. The van der Waals surface area contributed by atoms with Crippen LogP contribution in [0.1, 0.15) is 11.7 Å². The summed E-state index contributed by atoms with van der Waals surface area (Å²) in [5.74, 6) is 0. The van der Waals surface area contributed by atoms with E-state index in [0.717, 1.165) is 27.6 Å². The van der Waals surface area contributed by atoms with Crippen LogP contribution in [-0.2, 0) is 10.0 Å². The Hall–Kier alpha value is -2.68. The number of aromatic amines is 2. The summed E-state index contributed by atoms with van der Waals surface area (Å²) in [5.41, 5.74) is 2.39. The second kappa shape index (κ2) is 6.80. The molecule has 0 bridgehead atoms. The molecule has 0 amide bonds. The van der Waals surface area contributed by atoms with Gasteiger partial charge >= 0.3 is 0 Å². The van der Waals surface area contributed by atoms with E-state index in [1.807, 2.05) is 49.5 Å². The van der Waals surface area contributed by atoms with Crippen LogP contribution in [0.25, 0.3) is 21.9 Å². The lowest BCUT2D eigenvalue weighted by Gasteiger charge is -2.24. The van der Waals surface area contributed by atoms with Crippen molar-refractivity contribution in [1.29, 1.82) is 0 Å².